The second-order valence-electron chi connectivity index (χ2n) is 7.34. The smallest absolute Gasteiger partial charge is 0.321 e. The molecule has 3 heterocycles. The standard InChI is InChI=1S/C17H25N5O2SSi/c1-26(2,3)15-11-19-14(24-15)5-4-13-10-20-17(25-13)22-16(23)21-12-6-8-18-9-7-12/h4-5,10-12,18H,6-9H2,1-3H3,(H2,20,21,22,23)/b5-4+. The summed E-state index contributed by atoms with van der Waals surface area (Å²) in [4.78, 5) is 21.5. The largest absolute Gasteiger partial charge is 0.447 e. The zero-order valence-corrected chi connectivity index (χ0v) is 17.2. The molecule has 0 aromatic carbocycles. The van der Waals surface area contributed by atoms with Gasteiger partial charge in [-0.15, -0.1) is 0 Å². The maximum atomic E-state index is 12.1. The van der Waals surface area contributed by atoms with E-state index in [9.17, 15) is 4.79 Å². The molecule has 3 rings (SSSR count). The van der Waals surface area contributed by atoms with Crippen LogP contribution in [0.15, 0.2) is 16.8 Å². The molecule has 7 nitrogen and oxygen atoms in total. The van der Waals surface area contributed by atoms with Gasteiger partial charge in [0.2, 0.25) is 5.89 Å². The first kappa shape index (κ1) is 18.8. The summed E-state index contributed by atoms with van der Waals surface area (Å²) in [7, 11) is -1.49. The van der Waals surface area contributed by atoms with Gasteiger partial charge in [0.15, 0.2) is 5.13 Å². The summed E-state index contributed by atoms with van der Waals surface area (Å²) >= 11 is 1.41. The third kappa shape index (κ3) is 5.26. The Hall–Kier alpha value is -1.97. The van der Waals surface area contributed by atoms with Gasteiger partial charge in [0.1, 0.15) is 13.5 Å². The van der Waals surface area contributed by atoms with Crippen LogP contribution in [0.3, 0.4) is 0 Å². The van der Waals surface area contributed by atoms with Crippen molar-refractivity contribution in [3.8, 4) is 0 Å². The topological polar surface area (TPSA) is 92.1 Å². The van der Waals surface area contributed by atoms with Crippen LogP contribution in [0.1, 0.15) is 23.6 Å². The van der Waals surface area contributed by atoms with Gasteiger partial charge in [-0.05, 0) is 32.0 Å². The Kier molecular flexibility index (Phi) is 5.89. The number of aromatic nitrogens is 2. The van der Waals surface area contributed by atoms with E-state index in [0.29, 0.717) is 11.0 Å². The Morgan fingerprint density at radius 2 is 2.04 bits per heavy atom. The van der Waals surface area contributed by atoms with Crippen molar-refractivity contribution in [1.29, 1.82) is 0 Å². The number of carbonyl (C=O) groups excluding carboxylic acids is 1. The van der Waals surface area contributed by atoms with Gasteiger partial charge in [-0.2, -0.15) is 0 Å². The van der Waals surface area contributed by atoms with Gasteiger partial charge < -0.3 is 15.1 Å². The molecule has 2 aromatic heterocycles. The molecule has 140 valence electrons. The number of amides is 2. The van der Waals surface area contributed by atoms with E-state index in [-0.39, 0.29) is 12.1 Å². The van der Waals surface area contributed by atoms with E-state index in [1.807, 2.05) is 18.3 Å². The summed E-state index contributed by atoms with van der Waals surface area (Å²) in [6, 6.07) is 0.0235. The first-order valence-electron chi connectivity index (χ1n) is 8.78. The fourth-order valence-electron chi connectivity index (χ4n) is 2.57. The molecular weight excluding hydrogens is 366 g/mol. The quantitative estimate of drug-likeness (QED) is 0.682. The predicted molar refractivity (Wildman–Crippen MR) is 109 cm³/mol. The van der Waals surface area contributed by atoms with Crippen LogP contribution >= 0.6 is 11.3 Å². The van der Waals surface area contributed by atoms with Gasteiger partial charge in [0.05, 0.1) is 6.20 Å². The Morgan fingerprint density at radius 1 is 1.27 bits per heavy atom. The number of carbonyl (C=O) groups is 1. The lowest BCUT2D eigenvalue weighted by Gasteiger charge is -2.23. The Labute approximate surface area is 158 Å². The molecule has 0 spiro atoms. The van der Waals surface area contributed by atoms with E-state index in [4.69, 9.17) is 4.42 Å². The molecule has 2 amide bonds. The van der Waals surface area contributed by atoms with Crippen LogP contribution < -0.4 is 21.3 Å². The van der Waals surface area contributed by atoms with Crippen molar-refractivity contribution in [2.45, 2.75) is 38.5 Å². The molecule has 2 aromatic rings. The molecule has 0 aliphatic carbocycles. The number of nitrogens with one attached hydrogen (secondary N) is 3. The summed E-state index contributed by atoms with van der Waals surface area (Å²) in [6.45, 7) is 8.54. The van der Waals surface area contributed by atoms with Crippen molar-refractivity contribution >= 4 is 48.1 Å². The molecule has 1 aliphatic heterocycles. The second-order valence-corrected chi connectivity index (χ2v) is 13.4. The van der Waals surface area contributed by atoms with Gasteiger partial charge in [0, 0.05) is 23.2 Å². The van der Waals surface area contributed by atoms with E-state index in [1.165, 1.54) is 11.3 Å². The summed E-state index contributed by atoms with van der Waals surface area (Å²) < 4.78 is 5.79. The Morgan fingerprint density at radius 3 is 2.73 bits per heavy atom. The van der Waals surface area contributed by atoms with Gasteiger partial charge in [-0.3, -0.25) is 5.32 Å². The molecule has 1 fully saturated rings. The van der Waals surface area contributed by atoms with E-state index < -0.39 is 8.07 Å². The van der Waals surface area contributed by atoms with Crippen molar-refractivity contribution in [1.82, 2.24) is 20.6 Å². The summed E-state index contributed by atoms with van der Waals surface area (Å²) in [5.41, 5.74) is 0. The molecule has 0 radical (unpaired) electrons. The SMILES string of the molecule is C[Si](C)(C)c1cnc(/C=C/c2cnc(NC(=O)NC3CCNCC3)s2)o1. The first-order valence-corrected chi connectivity index (χ1v) is 13.1. The van der Waals surface area contributed by atoms with Crippen LogP contribution in [-0.4, -0.2) is 43.2 Å². The van der Waals surface area contributed by atoms with Gasteiger partial charge >= 0.3 is 6.03 Å². The third-order valence-electron chi connectivity index (χ3n) is 4.07. The van der Waals surface area contributed by atoms with Crippen molar-refractivity contribution < 1.29 is 9.21 Å². The summed E-state index contributed by atoms with van der Waals surface area (Å²) in [6.07, 6.45) is 9.17. The van der Waals surface area contributed by atoms with Gasteiger partial charge in [0.25, 0.3) is 0 Å². The van der Waals surface area contributed by atoms with Crippen LogP contribution in [0.5, 0.6) is 0 Å². The fraction of sp³-hybridized carbons (Fsp3) is 0.471. The maximum Gasteiger partial charge on any atom is 0.321 e. The monoisotopic (exact) mass is 391 g/mol. The van der Waals surface area contributed by atoms with Gasteiger partial charge in [-0.1, -0.05) is 31.0 Å². The van der Waals surface area contributed by atoms with E-state index >= 15 is 0 Å². The predicted octanol–water partition coefficient (Wildman–Crippen LogP) is 2.72. The number of oxazole rings is 1. The van der Waals surface area contributed by atoms with Crippen molar-refractivity contribution in [2.75, 3.05) is 18.4 Å². The third-order valence-corrected chi connectivity index (χ3v) is 6.66. The first-order chi connectivity index (χ1) is 12.4. The number of hydrogen-bond acceptors (Lipinski definition) is 6. The molecular formula is C17H25N5O2SSi. The summed E-state index contributed by atoms with van der Waals surface area (Å²) in [5, 5.41) is 10.6. The lowest BCUT2D eigenvalue weighted by atomic mass is 10.1. The highest BCUT2D eigenvalue weighted by Crippen LogP contribution is 2.20. The van der Waals surface area contributed by atoms with E-state index in [1.54, 1.807) is 6.20 Å². The van der Waals surface area contributed by atoms with Crippen molar-refractivity contribution in [3.63, 3.8) is 0 Å². The number of hydrogen-bond donors (Lipinski definition) is 3. The zero-order valence-electron chi connectivity index (χ0n) is 15.3. The van der Waals surface area contributed by atoms with Crippen LogP contribution in [0.25, 0.3) is 12.2 Å². The molecule has 0 atom stereocenters. The minimum atomic E-state index is -1.49. The Bertz CT molecular complexity index is 774. The number of thiazole rings is 1. The van der Waals surface area contributed by atoms with Crippen LogP contribution in [0.2, 0.25) is 19.6 Å². The minimum Gasteiger partial charge on any atom is -0.447 e. The van der Waals surface area contributed by atoms with Gasteiger partial charge in [-0.25, -0.2) is 14.8 Å². The zero-order chi connectivity index (χ0) is 18.6. The van der Waals surface area contributed by atoms with E-state index in [0.717, 1.165) is 36.2 Å². The number of anilines is 1. The molecule has 0 saturated carbocycles. The molecule has 26 heavy (non-hydrogen) atoms. The van der Waals surface area contributed by atoms with Crippen LogP contribution in [0, 0.1) is 0 Å². The molecule has 1 saturated heterocycles. The second kappa shape index (κ2) is 8.15. The highest BCUT2D eigenvalue weighted by atomic mass is 32.1. The number of piperidine rings is 1. The number of urea groups is 1. The lowest BCUT2D eigenvalue weighted by molar-refractivity contribution is 0.245. The highest BCUT2D eigenvalue weighted by molar-refractivity contribution is 7.16. The number of rotatable bonds is 5. The normalized spacial score (nSPS) is 16.1. The van der Waals surface area contributed by atoms with Crippen molar-refractivity contribution in [2.24, 2.45) is 0 Å². The Balaban J connectivity index is 1.54. The minimum absolute atomic E-state index is 0.200. The fourth-order valence-corrected chi connectivity index (χ4v) is 4.15. The van der Waals surface area contributed by atoms with Crippen LogP contribution in [-0.2, 0) is 0 Å². The molecule has 0 bridgehead atoms. The number of nitrogens with zero attached hydrogens (tertiary/aromatic N) is 2. The lowest BCUT2D eigenvalue weighted by Crippen LogP contribution is -2.44. The molecule has 0 unspecified atom stereocenters. The molecule has 3 N–H and O–H groups in total. The average Bonchev–Trinajstić information content (AvgIpc) is 3.22. The van der Waals surface area contributed by atoms with Crippen LogP contribution in [0.4, 0.5) is 9.93 Å². The van der Waals surface area contributed by atoms with E-state index in [2.05, 4.69) is 45.6 Å². The maximum absolute atomic E-state index is 12.1. The molecule has 1 aliphatic rings. The highest BCUT2D eigenvalue weighted by Gasteiger charge is 2.21. The average molecular weight is 392 g/mol. The van der Waals surface area contributed by atoms with Crippen molar-refractivity contribution in [3.05, 3.63) is 23.2 Å². The summed E-state index contributed by atoms with van der Waals surface area (Å²) in [5.74, 6) is 0.592. The molecule has 9 heteroatoms.